The van der Waals surface area contributed by atoms with Gasteiger partial charge in [-0.1, -0.05) is 30.3 Å². The third kappa shape index (κ3) is 3.84. The van der Waals surface area contributed by atoms with E-state index >= 15 is 0 Å². The average Bonchev–Trinajstić information content (AvgIpc) is 3.01. The Kier molecular flexibility index (Phi) is 4.76. The standard InChI is InChI=1S/C18H17N3O4/c22-18(23)17(9-13-11-20-16-7-2-1-6-15(13)16)19-10-12-4-3-5-14(8-12)21(24)25/h1-8,11,17,19-20H,9-10H2,(H,22,23)/t17-/m0/s1. The van der Waals surface area contributed by atoms with Crippen LogP contribution in [0, 0.1) is 10.1 Å². The quantitative estimate of drug-likeness (QED) is 0.453. The number of hydrogen-bond acceptors (Lipinski definition) is 4. The number of para-hydroxylation sites is 1. The number of carboxylic acid groups (broad SMARTS) is 1. The zero-order chi connectivity index (χ0) is 17.8. The number of fused-ring (bicyclic) bond motifs is 1. The van der Waals surface area contributed by atoms with Gasteiger partial charge in [0, 0.05) is 42.2 Å². The highest BCUT2D eigenvalue weighted by Gasteiger charge is 2.19. The van der Waals surface area contributed by atoms with Gasteiger partial charge in [-0.3, -0.25) is 14.9 Å². The number of nitro benzene ring substituents is 1. The summed E-state index contributed by atoms with van der Waals surface area (Å²) < 4.78 is 0. The van der Waals surface area contributed by atoms with E-state index < -0.39 is 16.9 Å². The van der Waals surface area contributed by atoms with Crippen molar-refractivity contribution < 1.29 is 14.8 Å². The van der Waals surface area contributed by atoms with E-state index in [-0.39, 0.29) is 12.2 Å². The van der Waals surface area contributed by atoms with E-state index in [1.54, 1.807) is 12.1 Å². The predicted octanol–water partition coefficient (Wildman–Crippen LogP) is 2.86. The lowest BCUT2D eigenvalue weighted by Gasteiger charge is -2.14. The molecule has 1 aromatic heterocycles. The van der Waals surface area contributed by atoms with Crippen molar-refractivity contribution in [3.8, 4) is 0 Å². The summed E-state index contributed by atoms with van der Waals surface area (Å²) in [6.07, 6.45) is 2.13. The highest BCUT2D eigenvalue weighted by molar-refractivity contribution is 5.84. The normalized spacial score (nSPS) is 12.2. The van der Waals surface area contributed by atoms with Crippen molar-refractivity contribution in [2.75, 3.05) is 0 Å². The van der Waals surface area contributed by atoms with Gasteiger partial charge in [0.2, 0.25) is 0 Å². The maximum Gasteiger partial charge on any atom is 0.321 e. The molecule has 0 aliphatic rings. The number of benzene rings is 2. The Morgan fingerprint density at radius 1 is 1.24 bits per heavy atom. The number of aromatic amines is 1. The molecule has 128 valence electrons. The molecule has 2 aromatic carbocycles. The van der Waals surface area contributed by atoms with E-state index in [4.69, 9.17) is 0 Å². The molecule has 7 heteroatoms. The maximum absolute atomic E-state index is 11.6. The number of non-ortho nitro benzene ring substituents is 1. The summed E-state index contributed by atoms with van der Waals surface area (Å²) in [7, 11) is 0. The summed E-state index contributed by atoms with van der Waals surface area (Å²) >= 11 is 0. The fraction of sp³-hybridized carbons (Fsp3) is 0.167. The summed E-state index contributed by atoms with van der Waals surface area (Å²) in [6.45, 7) is 0.237. The number of hydrogen-bond donors (Lipinski definition) is 3. The summed E-state index contributed by atoms with van der Waals surface area (Å²) in [5, 5.41) is 24.3. The van der Waals surface area contributed by atoms with E-state index in [1.807, 2.05) is 30.5 Å². The van der Waals surface area contributed by atoms with Crippen molar-refractivity contribution in [1.29, 1.82) is 0 Å². The SMILES string of the molecule is O=C(O)[C@H](Cc1c[nH]c2ccccc12)NCc1cccc([N+](=O)[O-])c1. The highest BCUT2D eigenvalue weighted by Crippen LogP contribution is 2.19. The Morgan fingerprint density at radius 3 is 2.80 bits per heavy atom. The molecule has 0 saturated carbocycles. The number of aromatic nitrogens is 1. The number of aliphatic carboxylic acids is 1. The van der Waals surface area contributed by atoms with Crippen molar-refractivity contribution in [2.24, 2.45) is 0 Å². The number of nitrogens with zero attached hydrogens (tertiary/aromatic N) is 1. The summed E-state index contributed by atoms with van der Waals surface area (Å²) in [6, 6.07) is 13.1. The van der Waals surface area contributed by atoms with Gasteiger partial charge in [-0.15, -0.1) is 0 Å². The molecule has 3 rings (SSSR count). The van der Waals surface area contributed by atoms with Crippen molar-refractivity contribution in [3.05, 3.63) is 76.0 Å². The number of carbonyl (C=O) groups is 1. The summed E-state index contributed by atoms with van der Waals surface area (Å²) in [5.41, 5.74) is 2.53. The summed E-state index contributed by atoms with van der Waals surface area (Å²) in [4.78, 5) is 25.1. The van der Waals surface area contributed by atoms with Crippen LogP contribution in [0.25, 0.3) is 10.9 Å². The van der Waals surface area contributed by atoms with Gasteiger partial charge in [-0.05, 0) is 17.2 Å². The van der Waals surface area contributed by atoms with Gasteiger partial charge in [0.25, 0.3) is 5.69 Å². The molecule has 7 nitrogen and oxygen atoms in total. The summed E-state index contributed by atoms with van der Waals surface area (Å²) in [5.74, 6) is -0.962. The van der Waals surface area contributed by atoms with E-state index in [0.717, 1.165) is 16.5 Å². The van der Waals surface area contributed by atoms with Gasteiger partial charge in [0.15, 0.2) is 0 Å². The number of rotatable bonds is 7. The first kappa shape index (κ1) is 16.7. The van der Waals surface area contributed by atoms with Crippen LogP contribution in [0.1, 0.15) is 11.1 Å². The lowest BCUT2D eigenvalue weighted by Crippen LogP contribution is -2.38. The zero-order valence-corrected chi connectivity index (χ0v) is 13.3. The van der Waals surface area contributed by atoms with Crippen LogP contribution in [-0.2, 0) is 17.8 Å². The number of nitro groups is 1. The monoisotopic (exact) mass is 339 g/mol. The second-order valence-corrected chi connectivity index (χ2v) is 5.76. The molecule has 0 radical (unpaired) electrons. The molecule has 0 aliphatic heterocycles. The Morgan fingerprint density at radius 2 is 2.04 bits per heavy atom. The Hall–Kier alpha value is -3.19. The minimum absolute atomic E-state index is 0.0113. The minimum Gasteiger partial charge on any atom is -0.480 e. The number of nitrogens with one attached hydrogen (secondary N) is 2. The molecule has 3 aromatic rings. The molecule has 0 spiro atoms. The molecule has 0 bridgehead atoms. The molecule has 0 saturated heterocycles. The van der Waals surface area contributed by atoms with Crippen LogP contribution in [0.2, 0.25) is 0 Å². The largest absolute Gasteiger partial charge is 0.480 e. The predicted molar refractivity (Wildman–Crippen MR) is 93.4 cm³/mol. The van der Waals surface area contributed by atoms with Crippen LogP contribution in [0.3, 0.4) is 0 Å². The third-order valence-corrected chi connectivity index (χ3v) is 4.07. The molecule has 25 heavy (non-hydrogen) atoms. The van der Waals surface area contributed by atoms with Gasteiger partial charge < -0.3 is 15.4 Å². The van der Waals surface area contributed by atoms with Crippen molar-refractivity contribution in [2.45, 2.75) is 19.0 Å². The van der Waals surface area contributed by atoms with Crippen molar-refractivity contribution >= 4 is 22.6 Å². The Labute approximate surface area is 143 Å². The van der Waals surface area contributed by atoms with Gasteiger partial charge in [0.05, 0.1) is 4.92 Å². The van der Waals surface area contributed by atoms with Crippen LogP contribution >= 0.6 is 0 Å². The molecular formula is C18H17N3O4. The fourth-order valence-electron chi connectivity index (χ4n) is 2.79. The second kappa shape index (κ2) is 7.14. The Bertz CT molecular complexity index is 919. The van der Waals surface area contributed by atoms with Gasteiger partial charge in [-0.25, -0.2) is 0 Å². The third-order valence-electron chi connectivity index (χ3n) is 4.07. The van der Waals surface area contributed by atoms with Crippen molar-refractivity contribution in [1.82, 2.24) is 10.3 Å². The molecule has 1 atom stereocenters. The van der Waals surface area contributed by atoms with Crippen molar-refractivity contribution in [3.63, 3.8) is 0 Å². The van der Waals surface area contributed by atoms with Crippen LogP contribution in [-0.4, -0.2) is 27.0 Å². The zero-order valence-electron chi connectivity index (χ0n) is 13.3. The molecular weight excluding hydrogens is 322 g/mol. The second-order valence-electron chi connectivity index (χ2n) is 5.76. The molecule has 3 N–H and O–H groups in total. The van der Waals surface area contributed by atoms with E-state index in [1.165, 1.54) is 12.1 Å². The van der Waals surface area contributed by atoms with E-state index in [2.05, 4.69) is 10.3 Å². The van der Waals surface area contributed by atoms with Crippen LogP contribution in [0.4, 0.5) is 5.69 Å². The van der Waals surface area contributed by atoms with E-state index in [0.29, 0.717) is 12.0 Å². The van der Waals surface area contributed by atoms with Gasteiger partial charge in [-0.2, -0.15) is 0 Å². The van der Waals surface area contributed by atoms with E-state index in [9.17, 15) is 20.0 Å². The van der Waals surface area contributed by atoms with Crippen LogP contribution in [0.5, 0.6) is 0 Å². The molecule has 0 fully saturated rings. The van der Waals surface area contributed by atoms with Gasteiger partial charge in [0.1, 0.15) is 6.04 Å². The number of carboxylic acids is 1. The maximum atomic E-state index is 11.6. The topological polar surface area (TPSA) is 108 Å². The number of H-pyrrole nitrogens is 1. The van der Waals surface area contributed by atoms with Crippen LogP contribution < -0.4 is 5.32 Å². The first-order valence-electron chi connectivity index (χ1n) is 7.79. The average molecular weight is 339 g/mol. The minimum atomic E-state index is -0.962. The lowest BCUT2D eigenvalue weighted by molar-refractivity contribution is -0.384. The molecule has 0 amide bonds. The lowest BCUT2D eigenvalue weighted by atomic mass is 10.0. The Balaban J connectivity index is 1.73. The molecule has 1 heterocycles. The van der Waals surface area contributed by atoms with Crippen LogP contribution in [0.15, 0.2) is 54.7 Å². The first-order chi connectivity index (χ1) is 12.0. The molecule has 0 aliphatic carbocycles. The first-order valence-corrected chi connectivity index (χ1v) is 7.79. The fourth-order valence-corrected chi connectivity index (χ4v) is 2.79. The highest BCUT2D eigenvalue weighted by atomic mass is 16.6. The molecule has 0 unspecified atom stereocenters. The van der Waals surface area contributed by atoms with Gasteiger partial charge >= 0.3 is 5.97 Å². The smallest absolute Gasteiger partial charge is 0.321 e.